The van der Waals surface area contributed by atoms with Crippen LogP contribution in [0.2, 0.25) is 0 Å². The maximum Gasteiger partial charge on any atom is 0.416 e. The summed E-state index contributed by atoms with van der Waals surface area (Å²) in [5.74, 6) is 1.53. The van der Waals surface area contributed by atoms with Gasteiger partial charge in [-0.2, -0.15) is 13.2 Å². The summed E-state index contributed by atoms with van der Waals surface area (Å²) in [6.45, 7) is 5.48. The van der Waals surface area contributed by atoms with Crippen molar-refractivity contribution in [1.82, 2.24) is 15.5 Å². The first-order valence-corrected chi connectivity index (χ1v) is 9.78. The molecule has 1 aliphatic heterocycles. The van der Waals surface area contributed by atoms with Crippen LogP contribution in [0.15, 0.2) is 29.3 Å². The summed E-state index contributed by atoms with van der Waals surface area (Å²) >= 11 is 0. The molecule has 1 saturated heterocycles. The number of ether oxygens (including phenoxy) is 1. The van der Waals surface area contributed by atoms with Gasteiger partial charge in [-0.3, -0.25) is 4.99 Å². The number of nitrogens with zero attached hydrogens (tertiary/aromatic N) is 2. The maximum absolute atomic E-state index is 12.9. The highest BCUT2D eigenvalue weighted by atomic mass is 127. The fourth-order valence-corrected chi connectivity index (χ4v) is 3.15. The fraction of sp³-hybridized carbons (Fsp3) is 0.650. The molecule has 1 heterocycles. The highest BCUT2D eigenvalue weighted by Crippen LogP contribution is 2.31. The standard InChI is InChI=1S/C20H31F3N4O.HI/c1-4-17(28-18-7-5-6-16(12-18)20(21,22)23)14-26-19(24-2)25-13-15-8-10-27(3)11-9-15;/h5-7,12,15,17H,4,8-11,13-14H2,1-3H3,(H2,24,25,26);1H. The zero-order chi connectivity index (χ0) is 20.6. The van der Waals surface area contributed by atoms with E-state index in [1.165, 1.54) is 6.07 Å². The van der Waals surface area contributed by atoms with Crippen LogP contribution in [0, 0.1) is 5.92 Å². The lowest BCUT2D eigenvalue weighted by atomic mass is 9.97. The third-order valence-electron chi connectivity index (χ3n) is 5.04. The van der Waals surface area contributed by atoms with Gasteiger partial charge in [0.05, 0.1) is 12.1 Å². The van der Waals surface area contributed by atoms with Crippen LogP contribution in [0.25, 0.3) is 0 Å². The van der Waals surface area contributed by atoms with E-state index in [0.717, 1.165) is 44.6 Å². The lowest BCUT2D eigenvalue weighted by Crippen LogP contribution is -2.45. The molecule has 0 amide bonds. The van der Waals surface area contributed by atoms with Crippen molar-refractivity contribution in [3.63, 3.8) is 0 Å². The summed E-state index contributed by atoms with van der Waals surface area (Å²) in [6.07, 6.45) is -1.65. The second-order valence-corrected chi connectivity index (χ2v) is 7.25. The van der Waals surface area contributed by atoms with Gasteiger partial charge in [-0.05, 0) is 63.5 Å². The average Bonchev–Trinajstić information content (AvgIpc) is 2.68. The Labute approximate surface area is 188 Å². The van der Waals surface area contributed by atoms with Crippen LogP contribution in [0.3, 0.4) is 0 Å². The Morgan fingerprint density at radius 2 is 1.97 bits per heavy atom. The van der Waals surface area contributed by atoms with E-state index < -0.39 is 11.7 Å². The molecule has 0 radical (unpaired) electrons. The molecule has 29 heavy (non-hydrogen) atoms. The summed E-state index contributed by atoms with van der Waals surface area (Å²) in [7, 11) is 3.85. The normalized spacial score (nSPS) is 17.4. The molecule has 0 aliphatic carbocycles. The minimum atomic E-state index is -4.38. The van der Waals surface area contributed by atoms with Crippen LogP contribution in [0.5, 0.6) is 5.75 Å². The number of hydrogen-bond donors (Lipinski definition) is 2. The van der Waals surface area contributed by atoms with E-state index in [2.05, 4.69) is 27.6 Å². The zero-order valence-corrected chi connectivity index (χ0v) is 19.6. The predicted molar refractivity (Wildman–Crippen MR) is 121 cm³/mol. The molecular formula is C20H32F3IN4O. The van der Waals surface area contributed by atoms with Crippen molar-refractivity contribution in [1.29, 1.82) is 0 Å². The molecule has 9 heteroatoms. The molecule has 1 unspecified atom stereocenters. The first-order valence-electron chi connectivity index (χ1n) is 9.78. The molecule has 1 aromatic carbocycles. The van der Waals surface area contributed by atoms with Crippen LogP contribution in [-0.2, 0) is 6.18 Å². The topological polar surface area (TPSA) is 48.9 Å². The van der Waals surface area contributed by atoms with Gasteiger partial charge in [0.15, 0.2) is 5.96 Å². The minimum absolute atomic E-state index is 0. The third kappa shape index (κ3) is 8.98. The van der Waals surface area contributed by atoms with E-state index in [0.29, 0.717) is 24.8 Å². The van der Waals surface area contributed by atoms with E-state index in [4.69, 9.17) is 4.74 Å². The molecule has 166 valence electrons. The van der Waals surface area contributed by atoms with Gasteiger partial charge in [0.1, 0.15) is 11.9 Å². The molecule has 0 bridgehead atoms. The Morgan fingerprint density at radius 1 is 1.28 bits per heavy atom. The molecule has 2 rings (SSSR count). The largest absolute Gasteiger partial charge is 0.489 e. The van der Waals surface area contributed by atoms with Gasteiger partial charge >= 0.3 is 6.18 Å². The quantitative estimate of drug-likeness (QED) is 0.320. The molecule has 5 nitrogen and oxygen atoms in total. The smallest absolute Gasteiger partial charge is 0.416 e. The maximum atomic E-state index is 12.9. The second-order valence-electron chi connectivity index (χ2n) is 7.25. The van der Waals surface area contributed by atoms with Crippen LogP contribution < -0.4 is 15.4 Å². The number of likely N-dealkylation sites (tertiary alicyclic amines) is 1. The van der Waals surface area contributed by atoms with E-state index in [-0.39, 0.29) is 35.8 Å². The number of guanidine groups is 1. The summed E-state index contributed by atoms with van der Waals surface area (Å²) in [5.41, 5.74) is -0.705. The highest BCUT2D eigenvalue weighted by Gasteiger charge is 2.30. The van der Waals surface area contributed by atoms with Crippen LogP contribution >= 0.6 is 24.0 Å². The van der Waals surface area contributed by atoms with Crippen LogP contribution in [-0.4, -0.2) is 57.2 Å². The Bertz CT molecular complexity index is 634. The number of nitrogens with one attached hydrogen (secondary N) is 2. The van der Waals surface area contributed by atoms with Crippen molar-refractivity contribution in [2.24, 2.45) is 10.9 Å². The average molecular weight is 528 g/mol. The summed E-state index contributed by atoms with van der Waals surface area (Å²) < 4.78 is 44.3. The van der Waals surface area contributed by atoms with E-state index in [1.807, 2.05) is 6.92 Å². The molecule has 1 atom stereocenters. The number of hydrogen-bond acceptors (Lipinski definition) is 3. The minimum Gasteiger partial charge on any atom is -0.489 e. The number of benzene rings is 1. The van der Waals surface area contributed by atoms with Crippen molar-refractivity contribution in [3.05, 3.63) is 29.8 Å². The zero-order valence-electron chi connectivity index (χ0n) is 17.3. The third-order valence-corrected chi connectivity index (χ3v) is 5.04. The first kappa shape index (κ1) is 25.8. The summed E-state index contributed by atoms with van der Waals surface area (Å²) in [5, 5.41) is 6.56. The molecule has 0 aromatic heterocycles. The molecule has 1 fully saturated rings. The molecule has 1 aromatic rings. The van der Waals surface area contributed by atoms with Crippen molar-refractivity contribution in [2.45, 2.75) is 38.5 Å². The molecule has 2 N–H and O–H groups in total. The van der Waals surface area contributed by atoms with Gasteiger partial charge in [-0.1, -0.05) is 13.0 Å². The second kappa shape index (κ2) is 12.5. The Balaban J connectivity index is 0.00000420. The molecule has 1 aliphatic rings. The van der Waals surface area contributed by atoms with Gasteiger partial charge < -0.3 is 20.3 Å². The summed E-state index contributed by atoms with van der Waals surface area (Å²) in [4.78, 5) is 6.56. The predicted octanol–water partition coefficient (Wildman–Crippen LogP) is 3.99. The summed E-state index contributed by atoms with van der Waals surface area (Å²) in [6, 6.07) is 4.99. The van der Waals surface area contributed by atoms with Crippen molar-refractivity contribution in [2.75, 3.05) is 40.3 Å². The van der Waals surface area contributed by atoms with Gasteiger partial charge in [-0.25, -0.2) is 0 Å². The number of aliphatic imine (C=N–C) groups is 1. The molecule has 0 spiro atoms. The lowest BCUT2D eigenvalue weighted by molar-refractivity contribution is -0.137. The Hall–Kier alpha value is -1.23. The molecular weight excluding hydrogens is 496 g/mol. The number of rotatable bonds is 7. The Kier molecular flexibility index (Phi) is 11.1. The number of halogens is 4. The van der Waals surface area contributed by atoms with Crippen molar-refractivity contribution >= 4 is 29.9 Å². The van der Waals surface area contributed by atoms with Gasteiger partial charge in [0, 0.05) is 13.6 Å². The number of piperidine rings is 1. The Morgan fingerprint density at radius 3 is 2.55 bits per heavy atom. The fourth-order valence-electron chi connectivity index (χ4n) is 3.15. The van der Waals surface area contributed by atoms with E-state index in [9.17, 15) is 13.2 Å². The first-order chi connectivity index (χ1) is 13.3. The van der Waals surface area contributed by atoms with Gasteiger partial charge in [0.25, 0.3) is 0 Å². The van der Waals surface area contributed by atoms with Crippen LogP contribution in [0.1, 0.15) is 31.7 Å². The lowest BCUT2D eigenvalue weighted by Gasteiger charge is -2.29. The SMILES string of the molecule is CCC(CNC(=NC)NCC1CCN(C)CC1)Oc1cccc(C(F)(F)F)c1.I. The van der Waals surface area contributed by atoms with Gasteiger partial charge in [-0.15, -0.1) is 24.0 Å². The molecule has 0 saturated carbocycles. The van der Waals surface area contributed by atoms with E-state index in [1.54, 1.807) is 13.1 Å². The highest BCUT2D eigenvalue weighted by molar-refractivity contribution is 14.0. The number of alkyl halides is 3. The van der Waals surface area contributed by atoms with Crippen molar-refractivity contribution < 1.29 is 17.9 Å². The van der Waals surface area contributed by atoms with Gasteiger partial charge in [0.2, 0.25) is 0 Å². The van der Waals surface area contributed by atoms with E-state index >= 15 is 0 Å². The van der Waals surface area contributed by atoms with Crippen LogP contribution in [0.4, 0.5) is 13.2 Å². The monoisotopic (exact) mass is 528 g/mol. The van der Waals surface area contributed by atoms with Crippen molar-refractivity contribution in [3.8, 4) is 5.75 Å².